The first-order chi connectivity index (χ1) is 17.8. The first-order valence-corrected chi connectivity index (χ1v) is 12.6. The van der Waals surface area contributed by atoms with Crippen LogP contribution >= 0.6 is 0 Å². The molecule has 0 unspecified atom stereocenters. The summed E-state index contributed by atoms with van der Waals surface area (Å²) in [6.45, 7) is 0. The number of hydrogen-bond acceptors (Lipinski definition) is 0. The van der Waals surface area contributed by atoms with Crippen LogP contribution in [0.15, 0.2) is 109 Å². The van der Waals surface area contributed by atoms with Gasteiger partial charge in [0.2, 0.25) is 0 Å². The van der Waals surface area contributed by atoms with E-state index in [4.69, 9.17) is 0 Å². The van der Waals surface area contributed by atoms with Crippen molar-refractivity contribution in [2.75, 3.05) is 0 Å². The van der Waals surface area contributed by atoms with Crippen LogP contribution in [-0.2, 0) is 0 Å². The maximum Gasteiger partial charge on any atom is -0.00197 e. The molecule has 0 spiro atoms. The molecule has 2 aliphatic rings. The Morgan fingerprint density at radius 3 is 1.86 bits per heavy atom. The van der Waals surface area contributed by atoms with Crippen molar-refractivity contribution in [3.63, 3.8) is 0 Å². The SMILES string of the molecule is C1=c2ccccc2=c2c1c1c(c3cc4cc5cc6ccccc6cc5cc4cc23)=Cc2ccccc2-1. The first kappa shape index (κ1) is 18.6. The zero-order chi connectivity index (χ0) is 23.4. The van der Waals surface area contributed by atoms with E-state index < -0.39 is 0 Å². The maximum absolute atomic E-state index is 2.44. The molecule has 0 amide bonds. The third-order valence-corrected chi connectivity index (χ3v) is 8.22. The van der Waals surface area contributed by atoms with E-state index in [0.29, 0.717) is 0 Å². The predicted molar refractivity (Wildman–Crippen MR) is 152 cm³/mol. The lowest BCUT2D eigenvalue weighted by atomic mass is 9.91. The van der Waals surface area contributed by atoms with Gasteiger partial charge >= 0.3 is 0 Å². The summed E-state index contributed by atoms with van der Waals surface area (Å²) < 4.78 is 0. The molecule has 0 fully saturated rings. The van der Waals surface area contributed by atoms with Gasteiger partial charge in [0.25, 0.3) is 0 Å². The highest BCUT2D eigenvalue weighted by Gasteiger charge is 2.21. The molecule has 9 rings (SSSR count). The molecule has 0 saturated heterocycles. The quantitative estimate of drug-likeness (QED) is 0.209. The molecule has 0 saturated carbocycles. The lowest BCUT2D eigenvalue weighted by Crippen LogP contribution is -2.06. The van der Waals surface area contributed by atoms with Crippen LogP contribution in [0, 0.1) is 10.4 Å². The van der Waals surface area contributed by atoms with Crippen molar-refractivity contribution in [1.82, 2.24) is 0 Å². The molecule has 0 bridgehead atoms. The molecule has 0 nitrogen and oxygen atoms in total. The zero-order valence-electron chi connectivity index (χ0n) is 19.5. The Morgan fingerprint density at radius 2 is 1.06 bits per heavy atom. The largest absolute Gasteiger partial charge is 0.0616 e. The van der Waals surface area contributed by atoms with Crippen molar-refractivity contribution in [1.29, 1.82) is 0 Å². The second-order valence-electron chi connectivity index (χ2n) is 10.2. The zero-order valence-corrected chi connectivity index (χ0v) is 19.5. The van der Waals surface area contributed by atoms with Gasteiger partial charge in [-0.2, -0.15) is 0 Å². The minimum Gasteiger partial charge on any atom is -0.0616 e. The van der Waals surface area contributed by atoms with Gasteiger partial charge in [0.05, 0.1) is 0 Å². The van der Waals surface area contributed by atoms with Crippen LogP contribution in [-0.4, -0.2) is 0 Å². The summed E-state index contributed by atoms with van der Waals surface area (Å²) in [5, 5.41) is 15.9. The van der Waals surface area contributed by atoms with Gasteiger partial charge < -0.3 is 0 Å². The van der Waals surface area contributed by atoms with Gasteiger partial charge in [0.15, 0.2) is 0 Å². The van der Waals surface area contributed by atoms with Gasteiger partial charge in [-0.25, -0.2) is 0 Å². The highest BCUT2D eigenvalue weighted by molar-refractivity contribution is 6.10. The van der Waals surface area contributed by atoms with E-state index in [-0.39, 0.29) is 0 Å². The minimum atomic E-state index is 1.29. The second kappa shape index (κ2) is 6.50. The van der Waals surface area contributed by atoms with Crippen LogP contribution in [0.25, 0.3) is 66.4 Å². The predicted octanol–water partition coefficient (Wildman–Crippen LogP) is 7.54. The molecule has 0 heterocycles. The highest BCUT2D eigenvalue weighted by atomic mass is 14.2. The average Bonchev–Trinajstić information content (AvgIpc) is 3.49. The Labute approximate surface area is 207 Å². The number of rotatable bonds is 0. The Balaban J connectivity index is 1.51. The summed E-state index contributed by atoms with van der Waals surface area (Å²) in [6, 6.07) is 40.6. The van der Waals surface area contributed by atoms with Crippen molar-refractivity contribution in [3.05, 3.63) is 141 Å². The molecule has 0 atom stereocenters. The van der Waals surface area contributed by atoms with Crippen molar-refractivity contribution in [2.24, 2.45) is 0 Å². The van der Waals surface area contributed by atoms with Crippen molar-refractivity contribution < 1.29 is 0 Å². The van der Waals surface area contributed by atoms with Crippen LogP contribution in [0.1, 0.15) is 11.1 Å². The summed E-state index contributed by atoms with van der Waals surface area (Å²) >= 11 is 0. The van der Waals surface area contributed by atoms with E-state index in [1.165, 1.54) is 86.2 Å². The van der Waals surface area contributed by atoms with Crippen LogP contribution in [0.4, 0.5) is 0 Å². The summed E-state index contributed by atoms with van der Waals surface area (Å²) in [6.07, 6.45) is 4.79. The molecule has 0 N–H and O–H groups in total. The lowest BCUT2D eigenvalue weighted by molar-refractivity contribution is 1.50. The fourth-order valence-corrected chi connectivity index (χ4v) is 6.61. The Bertz CT molecular complexity index is 2350. The normalized spacial score (nSPS) is 12.9. The molecule has 7 aromatic rings. The summed E-state index contributed by atoms with van der Waals surface area (Å²) in [5.74, 6) is 0. The van der Waals surface area contributed by atoms with Gasteiger partial charge in [-0.3, -0.25) is 0 Å². The second-order valence-corrected chi connectivity index (χ2v) is 10.2. The topological polar surface area (TPSA) is 0 Å². The molecule has 0 heteroatoms. The van der Waals surface area contributed by atoms with Crippen LogP contribution in [0.5, 0.6) is 0 Å². The fraction of sp³-hybridized carbons (Fsp3) is 0. The molecular formula is C36H20. The van der Waals surface area contributed by atoms with E-state index in [1.807, 2.05) is 0 Å². The summed E-state index contributed by atoms with van der Waals surface area (Å²) in [4.78, 5) is 0. The van der Waals surface area contributed by atoms with Gasteiger partial charge in [-0.15, -0.1) is 0 Å². The first-order valence-electron chi connectivity index (χ1n) is 12.6. The Hall–Kier alpha value is -4.68. The van der Waals surface area contributed by atoms with Gasteiger partial charge in [-0.05, 0) is 135 Å². The van der Waals surface area contributed by atoms with Crippen LogP contribution in [0.3, 0.4) is 0 Å². The summed E-state index contributed by atoms with van der Waals surface area (Å²) in [5.41, 5.74) is 5.41. The van der Waals surface area contributed by atoms with Crippen LogP contribution < -0.4 is 10.4 Å². The number of fused-ring (bicyclic) bond motifs is 12. The van der Waals surface area contributed by atoms with Gasteiger partial charge in [0.1, 0.15) is 0 Å². The molecule has 2 aliphatic carbocycles. The van der Waals surface area contributed by atoms with E-state index in [2.05, 4.69) is 121 Å². The lowest BCUT2D eigenvalue weighted by Gasteiger charge is -2.12. The molecule has 36 heavy (non-hydrogen) atoms. The van der Waals surface area contributed by atoms with Gasteiger partial charge in [-0.1, -0.05) is 72.8 Å². The van der Waals surface area contributed by atoms with Crippen molar-refractivity contribution >= 4 is 55.2 Å². The Kier molecular flexibility index (Phi) is 3.36. The number of hydrogen-bond donors (Lipinski definition) is 0. The average molecular weight is 453 g/mol. The monoisotopic (exact) mass is 452 g/mol. The molecular weight excluding hydrogens is 432 g/mol. The van der Waals surface area contributed by atoms with E-state index in [0.717, 1.165) is 0 Å². The Morgan fingerprint density at radius 1 is 0.444 bits per heavy atom. The van der Waals surface area contributed by atoms with Gasteiger partial charge in [0, 0.05) is 0 Å². The minimum absolute atomic E-state index is 1.29. The highest BCUT2D eigenvalue weighted by Crippen LogP contribution is 2.37. The standard InChI is InChI=1S/C36H20/c1-2-8-22-14-26-16-28-20-33-31(19-27(28)15-25(26)13-21(22)7-1)32-17-23-9-3-5-11-29(23)35(32)34-18-24-10-4-6-12-30(24)36(33)34/h1-20H. The molecule has 0 aromatic heterocycles. The van der Waals surface area contributed by atoms with E-state index in [9.17, 15) is 0 Å². The third kappa shape index (κ3) is 2.34. The van der Waals surface area contributed by atoms with E-state index >= 15 is 0 Å². The molecule has 0 aliphatic heterocycles. The molecule has 7 aromatic carbocycles. The third-order valence-electron chi connectivity index (χ3n) is 8.22. The smallest absolute Gasteiger partial charge is 0.00197 e. The van der Waals surface area contributed by atoms with Crippen LogP contribution in [0.2, 0.25) is 0 Å². The van der Waals surface area contributed by atoms with Crippen molar-refractivity contribution in [3.8, 4) is 11.1 Å². The van der Waals surface area contributed by atoms with Crippen molar-refractivity contribution in [2.45, 2.75) is 0 Å². The fourth-order valence-electron chi connectivity index (χ4n) is 6.61. The molecule has 0 radical (unpaired) electrons. The number of benzene rings is 7. The molecule has 164 valence electrons. The summed E-state index contributed by atoms with van der Waals surface area (Å²) in [7, 11) is 0. The maximum atomic E-state index is 2.44. The van der Waals surface area contributed by atoms with E-state index in [1.54, 1.807) is 0 Å².